The van der Waals surface area contributed by atoms with Crippen molar-refractivity contribution in [3.05, 3.63) is 65.5 Å². The van der Waals surface area contributed by atoms with Gasteiger partial charge in [-0.1, -0.05) is 59.5 Å². The fourth-order valence-electron chi connectivity index (χ4n) is 2.21. The predicted octanol–water partition coefficient (Wildman–Crippen LogP) is 4.16. The van der Waals surface area contributed by atoms with Crippen LogP contribution in [0.1, 0.15) is 11.1 Å². The molecule has 3 aromatic rings. The van der Waals surface area contributed by atoms with E-state index in [1.54, 1.807) is 17.8 Å². The molecule has 1 heterocycles. The van der Waals surface area contributed by atoms with Crippen molar-refractivity contribution in [3.63, 3.8) is 0 Å². The molecule has 0 bridgehead atoms. The summed E-state index contributed by atoms with van der Waals surface area (Å²) in [5.74, 6) is 0.172. The zero-order chi connectivity index (χ0) is 18.4. The maximum atomic E-state index is 13.7. The van der Waals surface area contributed by atoms with Crippen molar-refractivity contribution in [1.82, 2.24) is 10.2 Å². The van der Waals surface area contributed by atoms with Gasteiger partial charge in [-0.2, -0.15) is 0 Å². The number of hydrogen-bond donors (Lipinski definition) is 1. The Labute approximate surface area is 158 Å². The molecular weight excluding hydrogens is 373 g/mol. The van der Waals surface area contributed by atoms with Gasteiger partial charge in [-0.15, -0.1) is 10.2 Å². The number of thioether (sulfide) groups is 1. The van der Waals surface area contributed by atoms with Gasteiger partial charge in [-0.05, 0) is 23.3 Å². The van der Waals surface area contributed by atoms with E-state index in [0.717, 1.165) is 10.1 Å². The molecule has 0 radical (unpaired) electrons. The van der Waals surface area contributed by atoms with Crippen LogP contribution in [0.25, 0.3) is 0 Å². The second-order valence-corrected chi connectivity index (χ2v) is 7.54. The molecule has 0 unspecified atom stereocenters. The van der Waals surface area contributed by atoms with E-state index < -0.39 is 5.82 Å². The fraction of sp³-hybridized carbons (Fsp3) is 0.167. The van der Waals surface area contributed by atoms with Gasteiger partial charge >= 0.3 is 0 Å². The first-order valence-electron chi connectivity index (χ1n) is 7.76. The first-order chi connectivity index (χ1) is 12.6. The quantitative estimate of drug-likeness (QED) is 0.486. The van der Waals surface area contributed by atoms with Crippen molar-refractivity contribution in [2.75, 3.05) is 12.4 Å². The van der Waals surface area contributed by atoms with Crippen LogP contribution in [-0.4, -0.2) is 23.2 Å². The van der Waals surface area contributed by atoms with Gasteiger partial charge < -0.3 is 10.1 Å². The Bertz CT molecular complexity index is 887. The number of ether oxygens (including phenoxy) is 1. The molecule has 0 saturated heterocycles. The third kappa shape index (κ3) is 5.03. The number of rotatable bonds is 7. The van der Waals surface area contributed by atoms with Gasteiger partial charge in [0.05, 0.1) is 13.5 Å². The van der Waals surface area contributed by atoms with Crippen LogP contribution >= 0.6 is 23.1 Å². The van der Waals surface area contributed by atoms with E-state index in [-0.39, 0.29) is 18.1 Å². The minimum atomic E-state index is -0.492. The number of halogens is 1. The Kier molecular flexibility index (Phi) is 6.19. The number of aromatic nitrogens is 2. The Morgan fingerprint density at radius 2 is 2.00 bits per heavy atom. The van der Waals surface area contributed by atoms with Crippen LogP contribution in [0.5, 0.6) is 5.75 Å². The monoisotopic (exact) mass is 389 g/mol. The highest BCUT2D eigenvalue weighted by Crippen LogP contribution is 2.28. The summed E-state index contributed by atoms with van der Waals surface area (Å²) in [7, 11) is 1.40. The van der Waals surface area contributed by atoms with Crippen LogP contribution in [0.2, 0.25) is 0 Å². The molecule has 3 rings (SSSR count). The van der Waals surface area contributed by atoms with E-state index in [1.165, 1.54) is 36.1 Å². The van der Waals surface area contributed by atoms with Crippen molar-refractivity contribution >= 4 is 34.1 Å². The molecule has 0 atom stereocenters. The van der Waals surface area contributed by atoms with Gasteiger partial charge in [-0.25, -0.2) is 4.39 Å². The molecule has 0 aliphatic rings. The van der Waals surface area contributed by atoms with Crippen LogP contribution in [0.4, 0.5) is 9.52 Å². The highest BCUT2D eigenvalue weighted by Gasteiger charge is 2.11. The van der Waals surface area contributed by atoms with E-state index in [2.05, 4.69) is 15.5 Å². The number of benzene rings is 2. The molecule has 0 saturated carbocycles. The molecule has 134 valence electrons. The van der Waals surface area contributed by atoms with Crippen LogP contribution in [-0.2, 0) is 17.0 Å². The lowest BCUT2D eigenvalue weighted by Gasteiger charge is -2.05. The Balaban J connectivity index is 1.53. The topological polar surface area (TPSA) is 64.1 Å². The first-order valence-corrected chi connectivity index (χ1v) is 9.57. The van der Waals surface area contributed by atoms with Gasteiger partial charge in [0.2, 0.25) is 11.0 Å². The third-order valence-electron chi connectivity index (χ3n) is 3.44. The maximum Gasteiger partial charge on any atom is 0.230 e. The third-order valence-corrected chi connectivity index (χ3v) is 5.48. The van der Waals surface area contributed by atoms with Gasteiger partial charge in [0.15, 0.2) is 15.9 Å². The predicted molar refractivity (Wildman–Crippen MR) is 101 cm³/mol. The Hall–Kier alpha value is -2.45. The summed E-state index contributed by atoms with van der Waals surface area (Å²) in [6.45, 7) is 0. The van der Waals surface area contributed by atoms with Crippen LogP contribution in [0.3, 0.4) is 0 Å². The first kappa shape index (κ1) is 18.3. The number of methoxy groups -OCH3 is 1. The molecule has 2 aromatic carbocycles. The zero-order valence-electron chi connectivity index (χ0n) is 13.9. The van der Waals surface area contributed by atoms with E-state index in [9.17, 15) is 9.18 Å². The standard InChI is InChI=1S/C18H16FN3O2S2/c1-24-15-8-7-13(9-14(15)19)10-16(23)20-17-21-22-18(26-17)25-11-12-5-3-2-4-6-12/h2-9H,10-11H2,1H3,(H,20,21,23). The van der Waals surface area contributed by atoms with Crippen molar-refractivity contribution in [2.24, 2.45) is 0 Å². The van der Waals surface area contributed by atoms with E-state index >= 15 is 0 Å². The summed E-state index contributed by atoms with van der Waals surface area (Å²) in [5.41, 5.74) is 1.75. The lowest BCUT2D eigenvalue weighted by molar-refractivity contribution is -0.115. The van der Waals surface area contributed by atoms with Gasteiger partial charge in [0, 0.05) is 5.75 Å². The van der Waals surface area contributed by atoms with Crippen LogP contribution in [0.15, 0.2) is 52.9 Å². The molecule has 0 aliphatic heterocycles. The van der Waals surface area contributed by atoms with Gasteiger partial charge in [0.1, 0.15) is 0 Å². The smallest absolute Gasteiger partial charge is 0.230 e. The lowest BCUT2D eigenvalue weighted by atomic mass is 10.1. The maximum absolute atomic E-state index is 13.7. The lowest BCUT2D eigenvalue weighted by Crippen LogP contribution is -2.14. The SMILES string of the molecule is COc1ccc(CC(=O)Nc2nnc(SCc3ccccc3)s2)cc1F. The van der Waals surface area contributed by atoms with Crippen molar-refractivity contribution in [3.8, 4) is 5.75 Å². The number of hydrogen-bond acceptors (Lipinski definition) is 6. The summed E-state index contributed by atoms with van der Waals surface area (Å²) in [6.07, 6.45) is 0.0486. The fourth-order valence-corrected chi connectivity index (χ4v) is 3.93. The van der Waals surface area contributed by atoms with Gasteiger partial charge in [-0.3, -0.25) is 4.79 Å². The highest BCUT2D eigenvalue weighted by molar-refractivity contribution is 8.00. The summed E-state index contributed by atoms with van der Waals surface area (Å²) < 4.78 is 19.3. The average Bonchev–Trinajstić information content (AvgIpc) is 3.08. The number of nitrogens with zero attached hydrogens (tertiary/aromatic N) is 2. The molecule has 0 fully saturated rings. The number of anilines is 1. The number of carbonyl (C=O) groups is 1. The van der Waals surface area contributed by atoms with Gasteiger partial charge in [0.25, 0.3) is 0 Å². The minimum absolute atomic E-state index is 0.0486. The summed E-state index contributed by atoms with van der Waals surface area (Å²) in [5, 5.41) is 11.2. The molecule has 1 N–H and O–H groups in total. The molecular formula is C18H16FN3O2S2. The summed E-state index contributed by atoms with van der Waals surface area (Å²) in [4.78, 5) is 12.1. The van der Waals surface area contributed by atoms with Crippen molar-refractivity contribution < 1.29 is 13.9 Å². The average molecular weight is 389 g/mol. The van der Waals surface area contributed by atoms with E-state index in [4.69, 9.17) is 4.74 Å². The second-order valence-electron chi connectivity index (χ2n) is 5.34. The molecule has 0 aliphatic carbocycles. The zero-order valence-corrected chi connectivity index (χ0v) is 15.6. The van der Waals surface area contributed by atoms with Crippen molar-refractivity contribution in [2.45, 2.75) is 16.5 Å². The Morgan fingerprint density at radius 3 is 2.73 bits per heavy atom. The largest absolute Gasteiger partial charge is 0.494 e. The number of carbonyl (C=O) groups excluding carboxylic acids is 1. The van der Waals surface area contributed by atoms with E-state index in [0.29, 0.717) is 10.7 Å². The Morgan fingerprint density at radius 1 is 1.19 bits per heavy atom. The van der Waals surface area contributed by atoms with Crippen LogP contribution < -0.4 is 10.1 Å². The normalized spacial score (nSPS) is 10.5. The molecule has 26 heavy (non-hydrogen) atoms. The molecule has 0 spiro atoms. The minimum Gasteiger partial charge on any atom is -0.494 e. The summed E-state index contributed by atoms with van der Waals surface area (Å²) >= 11 is 2.88. The molecule has 8 heteroatoms. The van der Waals surface area contributed by atoms with E-state index in [1.807, 2.05) is 30.3 Å². The molecule has 1 aromatic heterocycles. The van der Waals surface area contributed by atoms with Crippen molar-refractivity contribution in [1.29, 1.82) is 0 Å². The number of amides is 1. The second kappa shape index (κ2) is 8.77. The highest BCUT2D eigenvalue weighted by atomic mass is 32.2. The summed E-state index contributed by atoms with van der Waals surface area (Å²) in [6, 6.07) is 14.5. The number of nitrogens with one attached hydrogen (secondary N) is 1. The van der Waals surface area contributed by atoms with Crippen LogP contribution in [0, 0.1) is 5.82 Å². The molecule has 5 nitrogen and oxygen atoms in total. The molecule has 1 amide bonds.